The second-order valence-electron chi connectivity index (χ2n) is 5.10. The molecule has 0 spiro atoms. The Morgan fingerprint density at radius 3 is 1.87 bits per heavy atom. The van der Waals surface area contributed by atoms with Gasteiger partial charge in [0.1, 0.15) is 17.1 Å². The number of carbonyl (C=O) groups excluding carboxylic acids is 1. The van der Waals surface area contributed by atoms with Crippen molar-refractivity contribution >= 4 is 18.1 Å². The minimum Gasteiger partial charge on any atom is -0.496 e. The highest BCUT2D eigenvalue weighted by molar-refractivity contribution is 7.85. The van der Waals surface area contributed by atoms with Crippen LogP contribution in [0.1, 0.15) is 10.4 Å². The van der Waals surface area contributed by atoms with E-state index in [2.05, 4.69) is 0 Å². The number of hydrogen-bond donors (Lipinski definition) is 0. The maximum Gasteiger partial charge on any atom is 0.247 e. The first-order valence-electron chi connectivity index (χ1n) is 7.06. The van der Waals surface area contributed by atoms with Gasteiger partial charge >= 0.3 is 0 Å². The Labute approximate surface area is 136 Å². The molecular formula is C17H20NO4P. The Morgan fingerprint density at radius 2 is 1.43 bits per heavy atom. The fourth-order valence-electron chi connectivity index (χ4n) is 2.37. The van der Waals surface area contributed by atoms with Gasteiger partial charge in [-0.2, -0.15) is 0 Å². The van der Waals surface area contributed by atoms with Crippen molar-refractivity contribution in [1.29, 1.82) is 0 Å². The van der Waals surface area contributed by atoms with E-state index in [1.54, 1.807) is 56.6 Å². The molecule has 2 rings (SSSR count). The largest absolute Gasteiger partial charge is 0.496 e. The molecule has 1 unspecified atom stereocenters. The number of rotatable bonds is 6. The SMILES string of the molecule is COc1cccc(OC)c1C(=O)P(=O)(c1ccccc1)N(C)C. The first-order chi connectivity index (χ1) is 11.0. The molecule has 23 heavy (non-hydrogen) atoms. The summed E-state index contributed by atoms with van der Waals surface area (Å²) in [5.41, 5.74) is -0.318. The van der Waals surface area contributed by atoms with E-state index in [-0.39, 0.29) is 5.56 Å². The summed E-state index contributed by atoms with van der Waals surface area (Å²) in [7, 11) is 2.70. The van der Waals surface area contributed by atoms with Crippen LogP contribution in [0.4, 0.5) is 0 Å². The third-order valence-electron chi connectivity index (χ3n) is 3.59. The summed E-state index contributed by atoms with van der Waals surface area (Å²) in [6, 6.07) is 13.8. The zero-order chi connectivity index (χ0) is 17.0. The van der Waals surface area contributed by atoms with Crippen LogP contribution in [-0.4, -0.2) is 38.5 Å². The summed E-state index contributed by atoms with van der Waals surface area (Å²) in [6.07, 6.45) is 0. The predicted molar refractivity (Wildman–Crippen MR) is 91.2 cm³/mol. The van der Waals surface area contributed by atoms with Crippen molar-refractivity contribution in [2.45, 2.75) is 0 Å². The van der Waals surface area contributed by atoms with Crippen molar-refractivity contribution < 1.29 is 18.8 Å². The van der Waals surface area contributed by atoms with Gasteiger partial charge < -0.3 is 9.47 Å². The molecular weight excluding hydrogens is 313 g/mol. The topological polar surface area (TPSA) is 55.8 Å². The predicted octanol–water partition coefficient (Wildman–Crippen LogP) is 3.01. The molecule has 1 atom stereocenters. The van der Waals surface area contributed by atoms with Crippen molar-refractivity contribution in [3.05, 3.63) is 54.1 Å². The van der Waals surface area contributed by atoms with E-state index in [1.165, 1.54) is 18.9 Å². The summed E-state index contributed by atoms with van der Waals surface area (Å²) in [4.78, 5) is 13.2. The van der Waals surface area contributed by atoms with Gasteiger partial charge in [0.15, 0.2) is 0 Å². The van der Waals surface area contributed by atoms with E-state index in [0.29, 0.717) is 16.8 Å². The lowest BCUT2D eigenvalue weighted by Crippen LogP contribution is -2.25. The highest BCUT2D eigenvalue weighted by Crippen LogP contribution is 2.52. The number of ether oxygens (including phenoxy) is 2. The molecule has 0 aliphatic rings. The van der Waals surface area contributed by atoms with Crippen molar-refractivity contribution in [1.82, 2.24) is 4.67 Å². The minimum absolute atomic E-state index is 0.193. The fraction of sp³-hybridized carbons (Fsp3) is 0.235. The molecule has 0 radical (unpaired) electrons. The van der Waals surface area contributed by atoms with Gasteiger partial charge in [0.25, 0.3) is 0 Å². The lowest BCUT2D eigenvalue weighted by atomic mass is 10.2. The van der Waals surface area contributed by atoms with Gasteiger partial charge in [-0.1, -0.05) is 24.3 Å². The third-order valence-corrected chi connectivity index (χ3v) is 6.49. The lowest BCUT2D eigenvalue weighted by molar-refractivity contribution is 0.106. The van der Waals surface area contributed by atoms with Crippen molar-refractivity contribution in [2.75, 3.05) is 28.3 Å². The van der Waals surface area contributed by atoms with Crippen molar-refractivity contribution in [3.63, 3.8) is 0 Å². The first kappa shape index (κ1) is 17.3. The lowest BCUT2D eigenvalue weighted by Gasteiger charge is -2.25. The van der Waals surface area contributed by atoms with Gasteiger partial charge in [0.05, 0.1) is 14.2 Å². The van der Waals surface area contributed by atoms with E-state index >= 15 is 0 Å². The van der Waals surface area contributed by atoms with Gasteiger partial charge in [-0.3, -0.25) is 9.36 Å². The monoisotopic (exact) mass is 333 g/mol. The summed E-state index contributed by atoms with van der Waals surface area (Å²) in [5, 5.41) is 0.475. The number of carbonyl (C=O) groups is 1. The zero-order valence-corrected chi connectivity index (χ0v) is 14.5. The average molecular weight is 333 g/mol. The van der Waals surface area contributed by atoms with Crippen LogP contribution in [0.15, 0.2) is 48.5 Å². The van der Waals surface area contributed by atoms with Crippen molar-refractivity contribution in [2.24, 2.45) is 0 Å². The molecule has 2 aromatic carbocycles. The summed E-state index contributed by atoms with van der Waals surface area (Å²) < 4.78 is 25.6. The summed E-state index contributed by atoms with van der Waals surface area (Å²) >= 11 is 0. The van der Waals surface area contributed by atoms with E-state index in [9.17, 15) is 9.36 Å². The quantitative estimate of drug-likeness (QED) is 0.761. The molecule has 6 heteroatoms. The van der Waals surface area contributed by atoms with Crippen molar-refractivity contribution in [3.8, 4) is 11.5 Å². The number of methoxy groups -OCH3 is 2. The van der Waals surface area contributed by atoms with Crippen LogP contribution in [0.3, 0.4) is 0 Å². The Hall–Kier alpha value is -2.10. The van der Waals surface area contributed by atoms with Crippen LogP contribution in [-0.2, 0) is 4.57 Å². The Balaban J connectivity index is 2.68. The van der Waals surface area contributed by atoms with E-state index < -0.39 is 12.8 Å². The van der Waals surface area contributed by atoms with Crippen LogP contribution in [0.2, 0.25) is 0 Å². The van der Waals surface area contributed by atoms with Crippen LogP contribution in [0, 0.1) is 0 Å². The molecule has 5 nitrogen and oxygen atoms in total. The minimum atomic E-state index is -3.50. The van der Waals surface area contributed by atoms with Crippen LogP contribution >= 0.6 is 7.29 Å². The molecule has 122 valence electrons. The normalized spacial score (nSPS) is 13.4. The fourth-order valence-corrected chi connectivity index (χ4v) is 4.53. The molecule has 0 N–H and O–H groups in total. The smallest absolute Gasteiger partial charge is 0.247 e. The maximum absolute atomic E-state index is 13.6. The zero-order valence-electron chi connectivity index (χ0n) is 13.6. The molecule has 0 saturated heterocycles. The Bertz CT molecular complexity index is 721. The molecule has 0 bridgehead atoms. The number of hydrogen-bond acceptors (Lipinski definition) is 4. The average Bonchev–Trinajstić information content (AvgIpc) is 2.60. The summed E-state index contributed by atoms with van der Waals surface area (Å²) in [5.74, 6) is 0.680. The van der Waals surface area contributed by atoms with E-state index in [0.717, 1.165) is 0 Å². The summed E-state index contributed by atoms with van der Waals surface area (Å²) in [6.45, 7) is 0. The standard InChI is InChI=1S/C17H20NO4P/c1-18(2)23(20,13-9-6-5-7-10-13)17(19)16-14(21-3)11-8-12-15(16)22-4/h5-12H,1-4H3. The van der Waals surface area contributed by atoms with Gasteiger partial charge in [-0.25, -0.2) is 4.67 Å². The van der Waals surface area contributed by atoms with E-state index in [1.807, 2.05) is 6.07 Å². The van der Waals surface area contributed by atoms with E-state index in [4.69, 9.17) is 9.47 Å². The third kappa shape index (κ3) is 3.03. The second-order valence-corrected chi connectivity index (χ2v) is 7.98. The molecule has 0 aliphatic carbocycles. The first-order valence-corrected chi connectivity index (χ1v) is 8.72. The van der Waals surface area contributed by atoms with Gasteiger partial charge in [-0.05, 0) is 38.4 Å². The maximum atomic E-state index is 13.6. The molecule has 2 aromatic rings. The number of benzene rings is 2. The van der Waals surface area contributed by atoms with Gasteiger partial charge in [-0.15, -0.1) is 0 Å². The molecule has 0 amide bonds. The molecule has 0 heterocycles. The van der Waals surface area contributed by atoms with Gasteiger partial charge in [0, 0.05) is 5.30 Å². The Morgan fingerprint density at radius 1 is 0.913 bits per heavy atom. The molecule has 0 aliphatic heterocycles. The van der Waals surface area contributed by atoms with Crippen LogP contribution in [0.5, 0.6) is 11.5 Å². The highest BCUT2D eigenvalue weighted by Gasteiger charge is 2.40. The number of nitrogens with zero attached hydrogens (tertiary/aromatic N) is 1. The highest BCUT2D eigenvalue weighted by atomic mass is 31.2. The second kappa shape index (κ2) is 6.99. The van der Waals surface area contributed by atoms with Crippen LogP contribution < -0.4 is 14.8 Å². The Kier molecular flexibility index (Phi) is 5.24. The molecule has 0 aromatic heterocycles. The van der Waals surface area contributed by atoms with Gasteiger partial charge in [0.2, 0.25) is 12.8 Å². The molecule has 0 saturated carbocycles. The van der Waals surface area contributed by atoms with Crippen LogP contribution in [0.25, 0.3) is 0 Å². The molecule has 0 fully saturated rings.